The van der Waals surface area contributed by atoms with Crippen LogP contribution in [0.4, 0.5) is 11.5 Å². The number of carbonyl (C=O) groups excluding carboxylic acids is 3. The maximum absolute atomic E-state index is 13.8. The molecule has 0 aliphatic carbocycles. The van der Waals surface area contributed by atoms with Crippen LogP contribution in [0.3, 0.4) is 0 Å². The highest BCUT2D eigenvalue weighted by molar-refractivity contribution is 8.00. The van der Waals surface area contributed by atoms with E-state index in [1.165, 1.54) is 11.8 Å². The van der Waals surface area contributed by atoms with E-state index in [-0.39, 0.29) is 11.6 Å². The van der Waals surface area contributed by atoms with Crippen LogP contribution in [0.5, 0.6) is 0 Å². The predicted molar refractivity (Wildman–Crippen MR) is 194 cm³/mol. The van der Waals surface area contributed by atoms with Gasteiger partial charge in [0.25, 0.3) is 11.8 Å². The summed E-state index contributed by atoms with van der Waals surface area (Å²) in [6.07, 6.45) is 1.64. The molecule has 3 amide bonds. The number of nitrogens with one attached hydrogen (secondary N) is 3. The van der Waals surface area contributed by atoms with E-state index in [1.807, 2.05) is 97.1 Å². The molecule has 8 nitrogen and oxygen atoms in total. The van der Waals surface area contributed by atoms with Crippen LogP contribution < -0.4 is 16.0 Å². The molecule has 0 bridgehead atoms. The van der Waals surface area contributed by atoms with E-state index < -0.39 is 17.1 Å². The van der Waals surface area contributed by atoms with E-state index in [9.17, 15) is 14.4 Å². The second-order valence-electron chi connectivity index (χ2n) is 11.1. The second-order valence-corrected chi connectivity index (χ2v) is 12.2. The third kappa shape index (κ3) is 8.79. The average Bonchev–Trinajstić information content (AvgIpc) is 3.55. The molecular weight excluding hydrogens is 633 g/mol. The molecule has 1 aromatic heterocycles. The van der Waals surface area contributed by atoms with Crippen molar-refractivity contribution in [1.29, 1.82) is 0 Å². The van der Waals surface area contributed by atoms with Crippen molar-refractivity contribution in [1.82, 2.24) is 10.5 Å². The van der Waals surface area contributed by atoms with E-state index in [4.69, 9.17) is 4.52 Å². The van der Waals surface area contributed by atoms with Crippen LogP contribution in [-0.2, 0) is 9.59 Å². The van der Waals surface area contributed by atoms with Gasteiger partial charge in [-0.2, -0.15) is 0 Å². The first kappa shape index (κ1) is 32.7. The number of aryl methyl sites for hydroxylation is 1. The SMILES string of the molecule is Cc1cc(NC(=O)C(Sc2cccc(NC(=O)/C(=C\c3ccc(-c4ccccc4)cc3)NC(=O)c3ccccc3)c2)c2ccccc2)no1. The summed E-state index contributed by atoms with van der Waals surface area (Å²) < 4.78 is 5.11. The molecule has 0 aliphatic rings. The lowest BCUT2D eigenvalue weighted by atomic mass is 10.0. The molecule has 49 heavy (non-hydrogen) atoms. The molecule has 5 aromatic carbocycles. The van der Waals surface area contributed by atoms with E-state index in [0.29, 0.717) is 22.8 Å². The average molecular weight is 665 g/mol. The Labute approximate surface area is 288 Å². The van der Waals surface area contributed by atoms with Gasteiger partial charge in [-0.05, 0) is 65.6 Å². The van der Waals surface area contributed by atoms with E-state index in [0.717, 1.165) is 27.1 Å². The first-order chi connectivity index (χ1) is 23.9. The van der Waals surface area contributed by atoms with Crippen LogP contribution in [-0.4, -0.2) is 22.9 Å². The molecule has 1 heterocycles. The van der Waals surface area contributed by atoms with E-state index >= 15 is 0 Å². The van der Waals surface area contributed by atoms with Gasteiger partial charge in [0.15, 0.2) is 5.82 Å². The number of anilines is 2. The topological polar surface area (TPSA) is 113 Å². The summed E-state index contributed by atoms with van der Waals surface area (Å²) in [6.45, 7) is 1.75. The summed E-state index contributed by atoms with van der Waals surface area (Å²) in [7, 11) is 0. The minimum atomic E-state index is -0.622. The predicted octanol–water partition coefficient (Wildman–Crippen LogP) is 8.53. The molecule has 6 aromatic rings. The molecule has 1 atom stereocenters. The highest BCUT2D eigenvalue weighted by Gasteiger charge is 2.24. The van der Waals surface area contributed by atoms with E-state index in [2.05, 4.69) is 21.1 Å². The fourth-order valence-electron chi connectivity index (χ4n) is 5.01. The molecule has 0 saturated carbocycles. The number of carbonyl (C=O) groups is 3. The number of hydrogen-bond acceptors (Lipinski definition) is 6. The van der Waals surface area contributed by atoms with Crippen LogP contribution in [0.15, 0.2) is 161 Å². The molecule has 3 N–H and O–H groups in total. The van der Waals surface area contributed by atoms with Gasteiger partial charge in [0, 0.05) is 22.2 Å². The Balaban J connectivity index is 1.23. The van der Waals surface area contributed by atoms with Crippen LogP contribution in [0.1, 0.15) is 32.5 Å². The van der Waals surface area contributed by atoms with Gasteiger partial charge >= 0.3 is 0 Å². The second kappa shape index (κ2) is 15.6. The monoisotopic (exact) mass is 664 g/mol. The number of benzene rings is 5. The number of amides is 3. The molecule has 0 saturated heterocycles. The lowest BCUT2D eigenvalue weighted by Crippen LogP contribution is -2.30. The maximum Gasteiger partial charge on any atom is 0.272 e. The zero-order valence-corrected chi connectivity index (χ0v) is 27.3. The Morgan fingerprint density at radius 1 is 0.714 bits per heavy atom. The van der Waals surface area contributed by atoms with Crippen LogP contribution in [0.2, 0.25) is 0 Å². The first-order valence-electron chi connectivity index (χ1n) is 15.5. The fraction of sp³-hybridized carbons (Fsp3) is 0.0500. The van der Waals surface area contributed by atoms with Gasteiger partial charge in [-0.15, -0.1) is 11.8 Å². The molecule has 9 heteroatoms. The normalized spacial score (nSPS) is 11.7. The number of nitrogens with zero attached hydrogens (tertiary/aromatic N) is 1. The molecule has 0 aliphatic heterocycles. The van der Waals surface area contributed by atoms with Crippen molar-refractivity contribution in [2.45, 2.75) is 17.1 Å². The first-order valence-corrected chi connectivity index (χ1v) is 16.4. The third-order valence-corrected chi connectivity index (χ3v) is 8.67. The summed E-state index contributed by atoms with van der Waals surface area (Å²) in [5.74, 6) is -0.272. The quantitative estimate of drug-likeness (QED) is 0.0945. The largest absolute Gasteiger partial charge is 0.360 e. The molecular formula is C40H32N4O4S. The molecule has 1 unspecified atom stereocenters. The fourth-order valence-corrected chi connectivity index (χ4v) is 6.09. The van der Waals surface area contributed by atoms with Crippen molar-refractivity contribution >= 4 is 47.1 Å². The van der Waals surface area contributed by atoms with Gasteiger partial charge in [-0.1, -0.05) is 114 Å². The standard InChI is InChI=1S/C40H32N4O4S/c1-27-24-36(44-48-27)43-40(47)37(31-14-7-3-8-15-31)49-34-19-11-18-33(26-34)41-39(46)35(42-38(45)32-16-9-4-10-17-32)25-28-20-22-30(23-21-28)29-12-5-2-6-13-29/h2-26,37H,1H3,(H,41,46)(H,42,45)(H,43,44,47)/b35-25+. The van der Waals surface area contributed by atoms with E-state index in [1.54, 1.807) is 61.5 Å². The summed E-state index contributed by atoms with van der Waals surface area (Å²) >= 11 is 1.33. The number of aromatic nitrogens is 1. The van der Waals surface area contributed by atoms with Crippen molar-refractivity contribution < 1.29 is 18.9 Å². The van der Waals surface area contributed by atoms with Gasteiger partial charge in [-0.3, -0.25) is 14.4 Å². The van der Waals surface area contributed by atoms with Gasteiger partial charge in [0.2, 0.25) is 5.91 Å². The lowest BCUT2D eigenvalue weighted by molar-refractivity contribution is -0.116. The van der Waals surface area contributed by atoms with Gasteiger partial charge in [0.1, 0.15) is 16.7 Å². The number of rotatable bonds is 11. The highest BCUT2D eigenvalue weighted by Crippen LogP contribution is 2.37. The zero-order chi connectivity index (χ0) is 34.0. The van der Waals surface area contributed by atoms with Gasteiger partial charge in [-0.25, -0.2) is 0 Å². The number of hydrogen-bond donors (Lipinski definition) is 3. The van der Waals surface area contributed by atoms with Crippen LogP contribution in [0.25, 0.3) is 17.2 Å². The Kier molecular flexibility index (Phi) is 10.4. The van der Waals surface area contributed by atoms with Crippen molar-refractivity contribution in [2.75, 3.05) is 10.6 Å². The van der Waals surface area contributed by atoms with Crippen LogP contribution >= 0.6 is 11.8 Å². The smallest absolute Gasteiger partial charge is 0.272 e. The molecule has 242 valence electrons. The van der Waals surface area contributed by atoms with Crippen molar-refractivity contribution in [3.8, 4) is 11.1 Å². The van der Waals surface area contributed by atoms with Crippen LogP contribution in [0, 0.1) is 6.92 Å². The minimum Gasteiger partial charge on any atom is -0.360 e. The van der Waals surface area contributed by atoms with Crippen molar-refractivity contribution in [3.63, 3.8) is 0 Å². The van der Waals surface area contributed by atoms with Gasteiger partial charge in [0.05, 0.1) is 0 Å². The molecule has 0 spiro atoms. The molecule has 0 radical (unpaired) electrons. The number of thioether (sulfide) groups is 1. The van der Waals surface area contributed by atoms with Gasteiger partial charge < -0.3 is 20.5 Å². The Morgan fingerprint density at radius 3 is 2.04 bits per heavy atom. The Hall–Kier alpha value is -6.19. The Bertz CT molecular complexity index is 2080. The van der Waals surface area contributed by atoms with Crippen molar-refractivity contribution in [2.24, 2.45) is 0 Å². The van der Waals surface area contributed by atoms with Crippen molar-refractivity contribution in [3.05, 3.63) is 174 Å². The molecule has 0 fully saturated rings. The summed E-state index contributed by atoms with van der Waals surface area (Å²) in [5.41, 5.74) is 4.63. The minimum absolute atomic E-state index is 0.0730. The summed E-state index contributed by atoms with van der Waals surface area (Å²) in [4.78, 5) is 41.1. The lowest BCUT2D eigenvalue weighted by Gasteiger charge is -2.17. The summed E-state index contributed by atoms with van der Waals surface area (Å²) in [5, 5.41) is 11.8. The maximum atomic E-state index is 13.8. The zero-order valence-electron chi connectivity index (χ0n) is 26.5. The third-order valence-electron chi connectivity index (χ3n) is 7.42. The summed E-state index contributed by atoms with van der Waals surface area (Å²) in [6, 6.07) is 44.7. The highest BCUT2D eigenvalue weighted by atomic mass is 32.2. The molecule has 6 rings (SSSR count). The Morgan fingerprint density at radius 2 is 1.37 bits per heavy atom.